The Balaban J connectivity index is 1.37. The van der Waals surface area contributed by atoms with Crippen molar-refractivity contribution in [3.8, 4) is 22.7 Å². The van der Waals surface area contributed by atoms with Gasteiger partial charge in [0.15, 0.2) is 5.76 Å². The topological polar surface area (TPSA) is 92.1 Å². The van der Waals surface area contributed by atoms with Crippen LogP contribution in [-0.2, 0) is 13.0 Å². The van der Waals surface area contributed by atoms with Crippen molar-refractivity contribution in [3.63, 3.8) is 0 Å². The molecule has 1 aliphatic rings. The van der Waals surface area contributed by atoms with Crippen LogP contribution in [0.1, 0.15) is 21.6 Å². The average molecular weight is 451 g/mol. The summed E-state index contributed by atoms with van der Waals surface area (Å²) < 4.78 is 18.7. The molecule has 2 aromatic carbocycles. The van der Waals surface area contributed by atoms with Crippen molar-refractivity contribution in [2.75, 3.05) is 6.54 Å². The molecule has 4 aromatic rings. The van der Waals surface area contributed by atoms with E-state index in [2.05, 4.69) is 15.1 Å². The summed E-state index contributed by atoms with van der Waals surface area (Å²) in [5.41, 5.74) is 2.33. The fourth-order valence-electron chi connectivity index (χ4n) is 3.70. The minimum absolute atomic E-state index is 0.0478. The number of benzene rings is 2. The van der Waals surface area contributed by atoms with Crippen LogP contribution in [0.5, 0.6) is 0 Å². The third kappa shape index (κ3) is 3.69. The third-order valence-corrected chi connectivity index (χ3v) is 5.63. The Morgan fingerprint density at radius 1 is 1.09 bits per heavy atom. The van der Waals surface area contributed by atoms with Gasteiger partial charge in [-0.15, -0.1) is 0 Å². The highest BCUT2D eigenvalue weighted by molar-refractivity contribution is 6.30. The Hall–Kier alpha value is -3.78. The van der Waals surface area contributed by atoms with E-state index in [1.165, 1.54) is 23.2 Å². The normalized spacial score (nSPS) is 13.1. The molecule has 0 bridgehead atoms. The van der Waals surface area contributed by atoms with Gasteiger partial charge in [-0.2, -0.15) is 0 Å². The van der Waals surface area contributed by atoms with Crippen LogP contribution in [0.3, 0.4) is 0 Å². The van der Waals surface area contributed by atoms with E-state index in [1.54, 1.807) is 36.4 Å². The van der Waals surface area contributed by atoms with Crippen molar-refractivity contribution in [2.45, 2.75) is 13.0 Å². The molecule has 1 amide bonds. The van der Waals surface area contributed by atoms with Crippen molar-refractivity contribution in [1.29, 1.82) is 0 Å². The van der Waals surface area contributed by atoms with Crippen LogP contribution in [0.2, 0.25) is 5.02 Å². The molecular weight excluding hydrogens is 435 g/mol. The number of rotatable bonds is 3. The summed E-state index contributed by atoms with van der Waals surface area (Å²) >= 11 is 5.89. The predicted molar refractivity (Wildman–Crippen MR) is 116 cm³/mol. The highest BCUT2D eigenvalue weighted by Crippen LogP contribution is 2.30. The van der Waals surface area contributed by atoms with E-state index < -0.39 is 11.5 Å². The summed E-state index contributed by atoms with van der Waals surface area (Å²) in [5.74, 6) is 0.154. The van der Waals surface area contributed by atoms with Crippen molar-refractivity contribution < 1.29 is 13.7 Å². The van der Waals surface area contributed by atoms with Gasteiger partial charge in [0.2, 0.25) is 0 Å². The first-order valence-corrected chi connectivity index (χ1v) is 10.3. The van der Waals surface area contributed by atoms with Gasteiger partial charge < -0.3 is 14.4 Å². The standard InChI is InChI=1S/C23H16ClFN4O3/c24-15-5-1-14(2-6-15)21-26-11-18(22(30)27-21)23(31)29-10-9-17-19(12-29)28-32-20(17)13-3-7-16(25)8-4-13/h1-8,11H,9-10,12H2,(H,26,27,30). The number of nitrogens with one attached hydrogen (secondary N) is 1. The molecule has 2 aromatic heterocycles. The quantitative estimate of drug-likeness (QED) is 0.507. The molecule has 0 radical (unpaired) electrons. The number of amides is 1. The first-order chi connectivity index (χ1) is 15.5. The van der Waals surface area contributed by atoms with Crippen LogP contribution in [0.4, 0.5) is 4.39 Å². The highest BCUT2D eigenvalue weighted by atomic mass is 35.5. The molecule has 7 nitrogen and oxygen atoms in total. The molecule has 9 heteroatoms. The van der Waals surface area contributed by atoms with Crippen molar-refractivity contribution in [1.82, 2.24) is 20.0 Å². The number of H-pyrrole nitrogens is 1. The van der Waals surface area contributed by atoms with Crippen molar-refractivity contribution in [2.24, 2.45) is 0 Å². The van der Waals surface area contributed by atoms with Crippen molar-refractivity contribution in [3.05, 3.63) is 92.7 Å². The van der Waals surface area contributed by atoms with Crippen LogP contribution in [0, 0.1) is 5.82 Å². The molecule has 1 N–H and O–H groups in total. The fourth-order valence-corrected chi connectivity index (χ4v) is 3.83. The average Bonchev–Trinajstić information content (AvgIpc) is 3.23. The number of hydrogen-bond donors (Lipinski definition) is 1. The number of carbonyl (C=O) groups excluding carboxylic acids is 1. The van der Waals surface area contributed by atoms with Gasteiger partial charge in [0.05, 0.1) is 6.54 Å². The van der Waals surface area contributed by atoms with E-state index in [1.807, 2.05) is 0 Å². The summed E-state index contributed by atoms with van der Waals surface area (Å²) in [4.78, 5) is 34.0. The molecule has 0 aliphatic carbocycles. The van der Waals surface area contributed by atoms with Crippen molar-refractivity contribution >= 4 is 17.5 Å². The second-order valence-electron chi connectivity index (χ2n) is 7.40. The number of hydrogen-bond acceptors (Lipinski definition) is 5. The summed E-state index contributed by atoms with van der Waals surface area (Å²) in [6.45, 7) is 0.594. The van der Waals surface area contributed by atoms with E-state index in [0.29, 0.717) is 40.8 Å². The lowest BCUT2D eigenvalue weighted by atomic mass is 10.0. The number of carbonyl (C=O) groups is 1. The monoisotopic (exact) mass is 450 g/mol. The van der Waals surface area contributed by atoms with E-state index in [4.69, 9.17) is 16.1 Å². The lowest BCUT2D eigenvalue weighted by Crippen LogP contribution is -2.38. The van der Waals surface area contributed by atoms with Gasteiger partial charge in [0, 0.05) is 34.5 Å². The zero-order valence-corrected chi connectivity index (χ0v) is 17.4. The maximum atomic E-state index is 13.2. The van der Waals surface area contributed by atoms with Gasteiger partial charge in [0.25, 0.3) is 11.5 Å². The molecule has 160 valence electrons. The first kappa shape index (κ1) is 20.1. The molecular formula is C23H16ClFN4O3. The molecule has 0 spiro atoms. The van der Waals surface area contributed by atoms with E-state index >= 15 is 0 Å². The van der Waals surface area contributed by atoms with Gasteiger partial charge >= 0.3 is 0 Å². The lowest BCUT2D eigenvalue weighted by molar-refractivity contribution is 0.0729. The zero-order chi connectivity index (χ0) is 22.2. The van der Waals surface area contributed by atoms with Gasteiger partial charge in [0.1, 0.15) is 22.9 Å². The lowest BCUT2D eigenvalue weighted by Gasteiger charge is -2.25. The molecule has 0 saturated carbocycles. The molecule has 0 saturated heterocycles. The Bertz CT molecular complexity index is 1360. The number of aromatic nitrogens is 3. The molecule has 1 aliphatic heterocycles. The largest absolute Gasteiger partial charge is 0.356 e. The highest BCUT2D eigenvalue weighted by Gasteiger charge is 2.29. The Morgan fingerprint density at radius 2 is 1.81 bits per heavy atom. The summed E-state index contributed by atoms with van der Waals surface area (Å²) in [6, 6.07) is 12.8. The Morgan fingerprint density at radius 3 is 2.53 bits per heavy atom. The summed E-state index contributed by atoms with van der Waals surface area (Å²) in [6.07, 6.45) is 1.79. The fraction of sp³-hybridized carbons (Fsp3) is 0.130. The predicted octanol–water partition coefficient (Wildman–Crippen LogP) is 4.08. The van der Waals surface area contributed by atoms with Crippen LogP contribution in [0.25, 0.3) is 22.7 Å². The van der Waals surface area contributed by atoms with Gasteiger partial charge in [-0.25, -0.2) is 9.37 Å². The second-order valence-corrected chi connectivity index (χ2v) is 7.84. The summed E-state index contributed by atoms with van der Waals surface area (Å²) in [5, 5.41) is 4.66. The number of halogens is 2. The minimum atomic E-state index is -0.520. The molecule has 0 fully saturated rings. The van der Waals surface area contributed by atoms with Crippen LogP contribution < -0.4 is 5.56 Å². The SMILES string of the molecule is O=C(c1cnc(-c2ccc(Cl)cc2)[nH]c1=O)N1CCc2c(noc2-c2ccc(F)cc2)C1. The molecule has 0 unspecified atom stereocenters. The minimum Gasteiger partial charge on any atom is -0.356 e. The number of nitrogens with zero attached hydrogens (tertiary/aromatic N) is 3. The third-order valence-electron chi connectivity index (χ3n) is 5.38. The molecule has 5 rings (SSSR count). The molecule has 32 heavy (non-hydrogen) atoms. The van der Waals surface area contributed by atoms with E-state index in [9.17, 15) is 14.0 Å². The smallest absolute Gasteiger partial charge is 0.264 e. The van der Waals surface area contributed by atoms with Crippen LogP contribution >= 0.6 is 11.6 Å². The van der Waals surface area contributed by atoms with E-state index in [-0.39, 0.29) is 17.9 Å². The van der Waals surface area contributed by atoms with Gasteiger partial charge in [-0.05, 0) is 55.0 Å². The number of fused-ring (bicyclic) bond motifs is 1. The maximum Gasteiger partial charge on any atom is 0.264 e. The van der Waals surface area contributed by atoms with Crippen LogP contribution in [0.15, 0.2) is 64.0 Å². The van der Waals surface area contributed by atoms with Gasteiger partial charge in [-0.1, -0.05) is 16.8 Å². The Kier molecular flexibility index (Phi) is 5.07. The first-order valence-electron chi connectivity index (χ1n) is 9.87. The van der Waals surface area contributed by atoms with E-state index in [0.717, 1.165) is 11.1 Å². The second kappa shape index (κ2) is 8.05. The van der Waals surface area contributed by atoms with Gasteiger partial charge in [-0.3, -0.25) is 9.59 Å². The maximum absolute atomic E-state index is 13.2. The molecule has 3 heterocycles. The molecule has 0 atom stereocenters. The zero-order valence-electron chi connectivity index (χ0n) is 16.6. The summed E-state index contributed by atoms with van der Waals surface area (Å²) in [7, 11) is 0. The van der Waals surface area contributed by atoms with Crippen LogP contribution in [-0.4, -0.2) is 32.5 Å². The Labute approximate surface area is 186 Å². The number of aromatic amines is 1.